The fraction of sp³-hybridized carbons (Fsp3) is 0.833. The summed E-state index contributed by atoms with van der Waals surface area (Å²) in [5.41, 5.74) is 0. The van der Waals surface area contributed by atoms with Gasteiger partial charge in [0.1, 0.15) is 0 Å². The second kappa shape index (κ2) is 3.47. The summed E-state index contributed by atoms with van der Waals surface area (Å²) in [6.45, 7) is 0. The van der Waals surface area contributed by atoms with E-state index in [1.54, 1.807) is 0 Å². The number of amides is 1. The average Bonchev–Trinajstić information content (AvgIpc) is 2.66. The molecule has 0 aromatic carbocycles. The number of rotatable bonds is 4. The number of carboxylic acid groups (broad SMARTS) is 1. The Balaban J connectivity index is 1.48. The molecule has 16 heavy (non-hydrogen) atoms. The average molecular weight is 223 g/mol. The molecule has 3 fully saturated rings. The summed E-state index contributed by atoms with van der Waals surface area (Å²) < 4.78 is 0. The summed E-state index contributed by atoms with van der Waals surface area (Å²) in [7, 11) is 0. The van der Waals surface area contributed by atoms with Gasteiger partial charge in [0.15, 0.2) is 0 Å². The van der Waals surface area contributed by atoms with Gasteiger partial charge in [-0.05, 0) is 42.9 Å². The molecule has 3 aliphatic rings. The second-order valence-electron chi connectivity index (χ2n) is 5.47. The van der Waals surface area contributed by atoms with E-state index in [9.17, 15) is 9.59 Å². The minimum absolute atomic E-state index is 0.0548. The number of hydrogen-bond acceptors (Lipinski definition) is 2. The second-order valence-corrected chi connectivity index (χ2v) is 5.47. The molecule has 0 radical (unpaired) electrons. The third kappa shape index (κ3) is 1.51. The quantitative estimate of drug-likeness (QED) is 0.747. The zero-order chi connectivity index (χ0) is 11.3. The molecule has 3 aliphatic carbocycles. The molecule has 4 heteroatoms. The lowest BCUT2D eigenvalue weighted by molar-refractivity contribution is -0.138. The highest BCUT2D eigenvalue weighted by molar-refractivity contribution is 5.81. The minimum atomic E-state index is -0.897. The van der Waals surface area contributed by atoms with Crippen molar-refractivity contribution >= 4 is 11.9 Å². The normalized spacial score (nSPS) is 42.9. The first-order chi connectivity index (χ1) is 7.66. The van der Waals surface area contributed by atoms with Gasteiger partial charge < -0.3 is 10.4 Å². The molecule has 1 amide bonds. The summed E-state index contributed by atoms with van der Waals surface area (Å²) in [6.07, 6.45) is 4.12. The lowest BCUT2D eigenvalue weighted by Crippen LogP contribution is -2.30. The maximum Gasteiger partial charge on any atom is 0.303 e. The van der Waals surface area contributed by atoms with Crippen molar-refractivity contribution in [3.8, 4) is 0 Å². The number of carboxylic acids is 1. The highest BCUT2D eigenvalue weighted by Gasteiger charge is 2.65. The fourth-order valence-corrected chi connectivity index (χ4v) is 4.00. The first-order valence-corrected chi connectivity index (χ1v) is 6.18. The van der Waals surface area contributed by atoms with Crippen LogP contribution in [0.4, 0.5) is 0 Å². The molecule has 88 valence electrons. The van der Waals surface area contributed by atoms with Crippen LogP contribution in [-0.2, 0) is 9.59 Å². The largest absolute Gasteiger partial charge is 0.481 e. The molecule has 0 aliphatic heterocycles. The first-order valence-electron chi connectivity index (χ1n) is 6.18. The van der Waals surface area contributed by atoms with Crippen LogP contribution in [0.25, 0.3) is 0 Å². The van der Waals surface area contributed by atoms with Crippen LogP contribution in [0.3, 0.4) is 0 Å². The van der Waals surface area contributed by atoms with Crippen LogP contribution < -0.4 is 5.32 Å². The Labute approximate surface area is 94.4 Å². The Kier molecular flexibility index (Phi) is 2.19. The highest BCUT2D eigenvalue weighted by Crippen LogP contribution is 2.65. The van der Waals surface area contributed by atoms with Crippen LogP contribution in [-0.4, -0.2) is 23.0 Å². The van der Waals surface area contributed by atoms with E-state index in [-0.39, 0.29) is 18.7 Å². The van der Waals surface area contributed by atoms with Crippen LogP contribution >= 0.6 is 0 Å². The van der Waals surface area contributed by atoms with Crippen LogP contribution in [0.15, 0.2) is 0 Å². The monoisotopic (exact) mass is 223 g/mol. The molecule has 0 heterocycles. The summed E-state index contributed by atoms with van der Waals surface area (Å²) in [4.78, 5) is 21.8. The van der Waals surface area contributed by atoms with Gasteiger partial charge in [-0.2, -0.15) is 0 Å². The van der Waals surface area contributed by atoms with Crippen LogP contribution in [0.2, 0.25) is 0 Å². The maximum absolute atomic E-state index is 11.5. The fourth-order valence-electron chi connectivity index (χ4n) is 4.00. The Morgan fingerprint density at radius 3 is 2.31 bits per heavy atom. The zero-order valence-electron chi connectivity index (χ0n) is 9.19. The van der Waals surface area contributed by atoms with Gasteiger partial charge in [-0.3, -0.25) is 9.59 Å². The van der Waals surface area contributed by atoms with Gasteiger partial charge in [-0.1, -0.05) is 0 Å². The van der Waals surface area contributed by atoms with Crippen molar-refractivity contribution in [1.29, 1.82) is 0 Å². The van der Waals surface area contributed by atoms with Crippen LogP contribution in [0.1, 0.15) is 32.1 Å². The van der Waals surface area contributed by atoms with Crippen molar-refractivity contribution < 1.29 is 14.7 Å². The van der Waals surface area contributed by atoms with Gasteiger partial charge in [-0.25, -0.2) is 0 Å². The molecule has 3 rings (SSSR count). The predicted octanol–water partition coefficient (Wildman–Crippen LogP) is 1.01. The van der Waals surface area contributed by atoms with Crippen LogP contribution in [0, 0.1) is 23.7 Å². The van der Waals surface area contributed by atoms with Crippen LogP contribution in [0.5, 0.6) is 0 Å². The Hall–Kier alpha value is -1.06. The Bertz CT molecular complexity index is 325. The van der Waals surface area contributed by atoms with Crippen molar-refractivity contribution in [2.75, 3.05) is 0 Å². The van der Waals surface area contributed by atoms with Crippen molar-refractivity contribution in [1.82, 2.24) is 5.32 Å². The van der Waals surface area contributed by atoms with E-state index in [4.69, 9.17) is 5.11 Å². The number of carbonyl (C=O) groups excluding carboxylic acids is 1. The number of nitrogens with one attached hydrogen (secondary N) is 1. The SMILES string of the molecule is O=C(O)CCC(=O)NC1C2C3CCC(C3)C12. The Morgan fingerprint density at radius 2 is 1.75 bits per heavy atom. The molecule has 0 spiro atoms. The third-order valence-electron chi connectivity index (χ3n) is 4.63. The topological polar surface area (TPSA) is 66.4 Å². The molecule has 0 saturated heterocycles. The minimum Gasteiger partial charge on any atom is -0.481 e. The number of aliphatic carboxylic acids is 1. The molecule has 2 bridgehead atoms. The molecule has 0 aromatic rings. The summed E-state index contributed by atoms with van der Waals surface area (Å²) in [6, 6.07) is 0.382. The van der Waals surface area contributed by atoms with E-state index in [0.29, 0.717) is 6.04 Å². The zero-order valence-corrected chi connectivity index (χ0v) is 9.19. The van der Waals surface area contributed by atoms with Gasteiger partial charge >= 0.3 is 5.97 Å². The third-order valence-corrected chi connectivity index (χ3v) is 4.63. The molecule has 2 N–H and O–H groups in total. The molecule has 4 atom stereocenters. The smallest absolute Gasteiger partial charge is 0.303 e. The van der Waals surface area contributed by atoms with Crippen molar-refractivity contribution in [3.05, 3.63) is 0 Å². The molecule has 4 unspecified atom stereocenters. The lowest BCUT2D eigenvalue weighted by atomic mass is 10.0. The van der Waals surface area contributed by atoms with E-state index in [1.807, 2.05) is 0 Å². The molecular formula is C12H17NO3. The molecular weight excluding hydrogens is 206 g/mol. The molecule has 3 saturated carbocycles. The maximum atomic E-state index is 11.5. The molecule has 0 aromatic heterocycles. The number of carbonyl (C=O) groups is 2. The van der Waals surface area contributed by atoms with Gasteiger partial charge in [-0.15, -0.1) is 0 Å². The van der Waals surface area contributed by atoms with E-state index in [1.165, 1.54) is 19.3 Å². The first kappa shape index (κ1) is 10.1. The summed E-state index contributed by atoms with van der Waals surface area (Å²) in [5.74, 6) is 2.17. The van der Waals surface area contributed by atoms with Gasteiger partial charge in [0.2, 0.25) is 5.91 Å². The summed E-state index contributed by atoms with van der Waals surface area (Å²) in [5, 5.41) is 11.5. The van der Waals surface area contributed by atoms with E-state index in [0.717, 1.165) is 23.7 Å². The predicted molar refractivity (Wildman–Crippen MR) is 56.6 cm³/mol. The van der Waals surface area contributed by atoms with Gasteiger partial charge in [0.05, 0.1) is 6.42 Å². The van der Waals surface area contributed by atoms with E-state index >= 15 is 0 Å². The number of fused-ring (bicyclic) bond motifs is 5. The van der Waals surface area contributed by atoms with E-state index in [2.05, 4.69) is 5.32 Å². The van der Waals surface area contributed by atoms with Crippen molar-refractivity contribution in [2.24, 2.45) is 23.7 Å². The van der Waals surface area contributed by atoms with Crippen molar-refractivity contribution in [3.63, 3.8) is 0 Å². The Morgan fingerprint density at radius 1 is 1.12 bits per heavy atom. The number of hydrogen-bond donors (Lipinski definition) is 2. The van der Waals surface area contributed by atoms with Crippen molar-refractivity contribution in [2.45, 2.75) is 38.1 Å². The highest BCUT2D eigenvalue weighted by atomic mass is 16.4. The summed E-state index contributed by atoms with van der Waals surface area (Å²) >= 11 is 0. The molecule has 4 nitrogen and oxygen atoms in total. The standard InChI is InChI=1S/C12H17NO3/c14-8(3-4-9(15)16)13-12-10-6-1-2-7(5-6)11(10)12/h6-7,10-12H,1-5H2,(H,13,14)(H,15,16). The van der Waals surface area contributed by atoms with Gasteiger partial charge in [0, 0.05) is 12.5 Å². The lowest BCUT2D eigenvalue weighted by Gasteiger charge is -2.09. The van der Waals surface area contributed by atoms with Gasteiger partial charge in [0.25, 0.3) is 0 Å². The van der Waals surface area contributed by atoms with E-state index < -0.39 is 5.97 Å².